The van der Waals surface area contributed by atoms with Crippen molar-refractivity contribution in [2.24, 2.45) is 5.92 Å². The summed E-state index contributed by atoms with van der Waals surface area (Å²) in [6.45, 7) is 0.364. The molecule has 4 heteroatoms. The lowest BCUT2D eigenvalue weighted by Crippen LogP contribution is -2.39. The van der Waals surface area contributed by atoms with Crippen LogP contribution in [0.15, 0.2) is 54.6 Å². The van der Waals surface area contributed by atoms with Gasteiger partial charge in [0.25, 0.3) is 0 Å². The Morgan fingerprint density at radius 2 is 1.77 bits per heavy atom. The molecule has 0 saturated heterocycles. The van der Waals surface area contributed by atoms with Gasteiger partial charge >= 0.3 is 0 Å². The van der Waals surface area contributed by atoms with Crippen molar-refractivity contribution in [3.63, 3.8) is 0 Å². The highest BCUT2D eigenvalue weighted by molar-refractivity contribution is 5.99. The molecule has 2 aromatic carbocycles. The van der Waals surface area contributed by atoms with Crippen LogP contribution >= 0.6 is 0 Å². The molecule has 0 fully saturated rings. The molecule has 22 heavy (non-hydrogen) atoms. The average Bonchev–Trinajstić information content (AvgIpc) is 2.59. The molecule has 4 nitrogen and oxygen atoms in total. The van der Waals surface area contributed by atoms with E-state index in [-0.39, 0.29) is 24.2 Å². The van der Waals surface area contributed by atoms with Gasteiger partial charge in [-0.25, -0.2) is 0 Å². The number of Topliss-reactive ketones (excluding diaryl/α,β-unsaturated/α-hetero) is 1. The van der Waals surface area contributed by atoms with E-state index >= 15 is 0 Å². The summed E-state index contributed by atoms with van der Waals surface area (Å²) in [7, 11) is 0. The third-order valence-corrected chi connectivity index (χ3v) is 3.77. The first-order valence-corrected chi connectivity index (χ1v) is 7.30. The minimum Gasteiger partial charge on any atom is -0.492 e. The molecular formula is C18H17NO3. The number of carbonyl (C=O) groups is 2. The topological polar surface area (TPSA) is 55.4 Å². The molecule has 0 spiro atoms. The largest absolute Gasteiger partial charge is 0.492 e. The summed E-state index contributed by atoms with van der Waals surface area (Å²) < 4.78 is 5.60. The molecule has 0 aliphatic carbocycles. The lowest BCUT2D eigenvalue weighted by Gasteiger charge is -2.24. The molecule has 1 aliphatic rings. The molecule has 3 rings (SSSR count). The van der Waals surface area contributed by atoms with Crippen LogP contribution in [0.1, 0.15) is 15.9 Å². The maximum Gasteiger partial charge on any atom is 0.227 e. The van der Waals surface area contributed by atoms with Crippen molar-refractivity contribution in [3.05, 3.63) is 65.7 Å². The van der Waals surface area contributed by atoms with E-state index in [2.05, 4.69) is 5.32 Å². The molecule has 0 aromatic heterocycles. The first-order valence-electron chi connectivity index (χ1n) is 7.30. The molecule has 1 N–H and O–H groups in total. The number of para-hydroxylation sites is 1. The quantitative estimate of drug-likeness (QED) is 0.880. The zero-order chi connectivity index (χ0) is 15.4. The molecule has 0 saturated carbocycles. The second kappa shape index (κ2) is 6.43. The molecule has 2 aromatic rings. The second-order valence-electron chi connectivity index (χ2n) is 5.33. The molecular weight excluding hydrogens is 278 g/mol. The van der Waals surface area contributed by atoms with Gasteiger partial charge in [-0.15, -0.1) is 0 Å². The van der Waals surface area contributed by atoms with E-state index in [0.29, 0.717) is 18.6 Å². The smallest absolute Gasteiger partial charge is 0.227 e. The van der Waals surface area contributed by atoms with E-state index in [9.17, 15) is 9.59 Å². The first kappa shape index (κ1) is 14.3. The van der Waals surface area contributed by atoms with Gasteiger partial charge in [-0.1, -0.05) is 48.5 Å². The highest BCUT2D eigenvalue weighted by atomic mass is 16.5. The molecule has 1 heterocycles. The number of nitrogens with one attached hydrogen (secondary N) is 1. The Hall–Kier alpha value is -2.62. The lowest BCUT2D eigenvalue weighted by molar-refractivity contribution is -0.126. The van der Waals surface area contributed by atoms with E-state index in [0.717, 1.165) is 11.3 Å². The van der Waals surface area contributed by atoms with Crippen molar-refractivity contribution < 1.29 is 14.3 Å². The molecule has 1 unspecified atom stereocenters. The summed E-state index contributed by atoms with van der Waals surface area (Å²) in [6.07, 6.45) is 0.640. The van der Waals surface area contributed by atoms with Crippen molar-refractivity contribution >= 4 is 11.7 Å². The third-order valence-electron chi connectivity index (χ3n) is 3.77. The number of hydrogen-bond acceptors (Lipinski definition) is 3. The third kappa shape index (κ3) is 3.17. The van der Waals surface area contributed by atoms with Crippen molar-refractivity contribution in [1.82, 2.24) is 5.32 Å². The Morgan fingerprint density at radius 3 is 2.59 bits per heavy atom. The Kier molecular flexibility index (Phi) is 4.19. The fourth-order valence-corrected chi connectivity index (χ4v) is 2.53. The fraction of sp³-hybridized carbons (Fsp3) is 0.222. The van der Waals surface area contributed by atoms with Crippen molar-refractivity contribution in [1.29, 1.82) is 0 Å². The van der Waals surface area contributed by atoms with Crippen LogP contribution in [-0.4, -0.2) is 24.8 Å². The van der Waals surface area contributed by atoms with Crippen LogP contribution in [0.3, 0.4) is 0 Å². The second-order valence-corrected chi connectivity index (χ2v) is 5.33. The molecule has 0 bridgehead atoms. The van der Waals surface area contributed by atoms with Crippen LogP contribution in [-0.2, 0) is 11.2 Å². The summed E-state index contributed by atoms with van der Waals surface area (Å²) >= 11 is 0. The molecule has 0 radical (unpaired) electrons. The normalized spacial score (nSPS) is 16.3. The number of carbonyl (C=O) groups excluding carboxylic acids is 2. The Bertz CT molecular complexity index is 682. The zero-order valence-corrected chi connectivity index (χ0v) is 12.1. The van der Waals surface area contributed by atoms with E-state index in [1.807, 2.05) is 30.3 Å². The molecule has 1 amide bonds. The summed E-state index contributed by atoms with van der Waals surface area (Å²) in [5.41, 5.74) is 1.64. The predicted molar refractivity (Wildman–Crippen MR) is 82.9 cm³/mol. The van der Waals surface area contributed by atoms with E-state index < -0.39 is 0 Å². The predicted octanol–water partition coefficient (Wildman–Crippen LogP) is 2.24. The Balaban J connectivity index is 1.56. The van der Waals surface area contributed by atoms with Gasteiger partial charge in [0.1, 0.15) is 12.4 Å². The van der Waals surface area contributed by atoms with Crippen LogP contribution < -0.4 is 10.1 Å². The summed E-state index contributed by atoms with van der Waals surface area (Å²) in [5, 5.41) is 2.71. The monoisotopic (exact) mass is 295 g/mol. The number of amides is 1. The molecule has 1 aliphatic heterocycles. The van der Waals surface area contributed by atoms with Gasteiger partial charge in [-0.2, -0.15) is 0 Å². The van der Waals surface area contributed by atoms with E-state index in [1.54, 1.807) is 24.3 Å². The van der Waals surface area contributed by atoms with Gasteiger partial charge in [-0.3, -0.25) is 9.59 Å². The van der Waals surface area contributed by atoms with Gasteiger partial charge in [0, 0.05) is 5.56 Å². The van der Waals surface area contributed by atoms with Gasteiger partial charge in [0.05, 0.1) is 12.5 Å². The van der Waals surface area contributed by atoms with Crippen molar-refractivity contribution in [3.8, 4) is 5.75 Å². The Labute approximate surface area is 129 Å². The maximum absolute atomic E-state index is 12.2. The standard InChI is InChI=1S/C18H17NO3/c20-16(13-6-2-1-3-7-13)11-19-18(21)15-10-14-8-4-5-9-17(14)22-12-15/h1-9,15H,10-12H2,(H,19,21). The summed E-state index contributed by atoms with van der Waals surface area (Å²) in [5.74, 6) is 0.357. The van der Waals surface area contributed by atoms with Gasteiger partial charge in [0.15, 0.2) is 5.78 Å². The van der Waals surface area contributed by atoms with E-state index in [1.165, 1.54) is 0 Å². The first-order chi connectivity index (χ1) is 10.7. The zero-order valence-electron chi connectivity index (χ0n) is 12.1. The van der Waals surface area contributed by atoms with Crippen LogP contribution in [0, 0.1) is 5.92 Å². The number of fused-ring (bicyclic) bond motifs is 1. The molecule has 1 atom stereocenters. The van der Waals surface area contributed by atoms with E-state index in [4.69, 9.17) is 4.74 Å². The maximum atomic E-state index is 12.2. The van der Waals surface area contributed by atoms with Crippen LogP contribution in [0.2, 0.25) is 0 Å². The van der Waals surface area contributed by atoms with Crippen LogP contribution in [0.5, 0.6) is 5.75 Å². The highest BCUT2D eigenvalue weighted by Gasteiger charge is 2.25. The van der Waals surface area contributed by atoms with Gasteiger partial charge in [0.2, 0.25) is 5.91 Å². The van der Waals surface area contributed by atoms with Crippen molar-refractivity contribution in [2.75, 3.05) is 13.2 Å². The van der Waals surface area contributed by atoms with Gasteiger partial charge in [-0.05, 0) is 18.1 Å². The summed E-state index contributed by atoms with van der Waals surface area (Å²) in [6, 6.07) is 16.7. The van der Waals surface area contributed by atoms with Crippen LogP contribution in [0.4, 0.5) is 0 Å². The average molecular weight is 295 g/mol. The lowest BCUT2D eigenvalue weighted by atomic mass is 9.96. The number of ketones is 1. The van der Waals surface area contributed by atoms with Gasteiger partial charge < -0.3 is 10.1 Å². The number of benzene rings is 2. The minimum absolute atomic E-state index is 0.0149. The number of rotatable bonds is 4. The fourth-order valence-electron chi connectivity index (χ4n) is 2.53. The number of ether oxygens (including phenoxy) is 1. The van der Waals surface area contributed by atoms with Crippen LogP contribution in [0.25, 0.3) is 0 Å². The minimum atomic E-state index is -0.251. The Morgan fingerprint density at radius 1 is 1.05 bits per heavy atom. The molecule has 112 valence electrons. The van der Waals surface area contributed by atoms with Crippen molar-refractivity contribution in [2.45, 2.75) is 6.42 Å². The summed E-state index contributed by atoms with van der Waals surface area (Å²) in [4.78, 5) is 24.2. The highest BCUT2D eigenvalue weighted by Crippen LogP contribution is 2.26. The number of hydrogen-bond donors (Lipinski definition) is 1. The SMILES string of the molecule is O=C(CNC(=O)C1COc2ccccc2C1)c1ccccc1.